The molecule has 7 aromatic carbocycles. The van der Waals surface area contributed by atoms with Crippen molar-refractivity contribution in [3.63, 3.8) is 0 Å². The van der Waals surface area contributed by atoms with Crippen molar-refractivity contribution < 1.29 is 0 Å². The highest BCUT2D eigenvalue weighted by Gasteiger charge is 2.51. The van der Waals surface area contributed by atoms with Crippen LogP contribution in [0.25, 0.3) is 44.2 Å². The molecule has 0 spiro atoms. The van der Waals surface area contributed by atoms with E-state index in [2.05, 4.69) is 176 Å². The molecule has 264 valence electrons. The van der Waals surface area contributed by atoms with Crippen molar-refractivity contribution in [2.24, 2.45) is 17.8 Å². The normalized spacial score (nSPS) is 23.0. The Bertz CT molecular complexity index is 2520. The SMILES string of the molecule is CC1(C)c2ccccc2-c2cccc(N(c3ccc(C45CC6CC(CC(C6)C4)C5)cc3)c3ccccc3-c3cccc4cccc(-c5ccccc5)c34)c21. The van der Waals surface area contributed by atoms with E-state index < -0.39 is 0 Å². The Balaban J connectivity index is 1.13. The molecule has 0 N–H and O–H groups in total. The maximum Gasteiger partial charge on any atom is 0.0540 e. The zero-order valence-electron chi connectivity index (χ0n) is 31.4. The first kappa shape index (κ1) is 32.1. The van der Waals surface area contributed by atoms with Gasteiger partial charge in [0, 0.05) is 16.7 Å². The summed E-state index contributed by atoms with van der Waals surface area (Å²) in [5.41, 5.74) is 16.0. The number of para-hydroxylation sites is 1. The molecule has 1 heteroatoms. The third-order valence-electron chi connectivity index (χ3n) is 14.0. The summed E-state index contributed by atoms with van der Waals surface area (Å²) in [6.45, 7) is 4.83. The van der Waals surface area contributed by atoms with Crippen molar-refractivity contribution in [1.29, 1.82) is 0 Å². The Kier molecular flexibility index (Phi) is 7.16. The first-order valence-electron chi connectivity index (χ1n) is 20.3. The van der Waals surface area contributed by atoms with E-state index in [9.17, 15) is 0 Å². The van der Waals surface area contributed by atoms with Gasteiger partial charge in [-0.05, 0) is 141 Å². The van der Waals surface area contributed by atoms with Crippen LogP contribution in [-0.4, -0.2) is 0 Å². The maximum atomic E-state index is 2.59. The molecule has 1 nitrogen and oxygen atoms in total. The van der Waals surface area contributed by atoms with Crippen LogP contribution in [0.3, 0.4) is 0 Å². The van der Waals surface area contributed by atoms with Crippen LogP contribution in [-0.2, 0) is 10.8 Å². The van der Waals surface area contributed by atoms with Gasteiger partial charge < -0.3 is 4.90 Å². The molecular weight excluding hydrogens is 651 g/mol. The minimum absolute atomic E-state index is 0.158. The van der Waals surface area contributed by atoms with Crippen molar-refractivity contribution in [3.8, 4) is 33.4 Å². The summed E-state index contributed by atoms with van der Waals surface area (Å²) in [6.07, 6.45) is 8.56. The van der Waals surface area contributed by atoms with Crippen molar-refractivity contribution in [2.45, 2.75) is 63.2 Å². The van der Waals surface area contributed by atoms with Gasteiger partial charge in [-0.15, -0.1) is 0 Å². The van der Waals surface area contributed by atoms with Crippen molar-refractivity contribution >= 4 is 27.8 Å². The quantitative estimate of drug-likeness (QED) is 0.167. The summed E-state index contributed by atoms with van der Waals surface area (Å²) in [6, 6.07) is 59.5. The molecule has 4 bridgehead atoms. The Morgan fingerprint density at radius 1 is 0.463 bits per heavy atom. The van der Waals surface area contributed by atoms with Gasteiger partial charge in [-0.1, -0.05) is 147 Å². The van der Waals surface area contributed by atoms with Crippen molar-refractivity contribution in [2.75, 3.05) is 4.90 Å². The van der Waals surface area contributed by atoms with E-state index in [1.54, 1.807) is 5.56 Å². The first-order valence-corrected chi connectivity index (χ1v) is 20.3. The summed E-state index contributed by atoms with van der Waals surface area (Å²) in [4.78, 5) is 2.59. The number of hydrogen-bond acceptors (Lipinski definition) is 1. The van der Waals surface area contributed by atoms with Crippen LogP contribution < -0.4 is 4.90 Å². The van der Waals surface area contributed by atoms with Crippen molar-refractivity contribution in [1.82, 2.24) is 0 Å². The zero-order chi connectivity index (χ0) is 36.0. The fraction of sp³-hybridized carbons (Fsp3) is 0.245. The van der Waals surface area contributed by atoms with Gasteiger partial charge in [-0.2, -0.15) is 0 Å². The molecule has 0 amide bonds. The number of nitrogens with zero attached hydrogens (tertiary/aromatic N) is 1. The van der Waals surface area contributed by atoms with E-state index in [1.807, 2.05) is 0 Å². The van der Waals surface area contributed by atoms with Crippen LogP contribution in [0.15, 0.2) is 158 Å². The van der Waals surface area contributed by atoms with Gasteiger partial charge >= 0.3 is 0 Å². The number of rotatable bonds is 6. The van der Waals surface area contributed by atoms with Crippen LogP contribution in [0.5, 0.6) is 0 Å². The molecule has 0 aliphatic heterocycles. The van der Waals surface area contributed by atoms with E-state index >= 15 is 0 Å². The topological polar surface area (TPSA) is 3.24 Å². The Morgan fingerprint density at radius 2 is 1.02 bits per heavy atom. The van der Waals surface area contributed by atoms with Gasteiger partial charge in [0.15, 0.2) is 0 Å². The van der Waals surface area contributed by atoms with Crippen LogP contribution in [0.4, 0.5) is 17.1 Å². The summed E-state index contributed by atoms with van der Waals surface area (Å²) < 4.78 is 0. The van der Waals surface area contributed by atoms with Gasteiger partial charge in [-0.3, -0.25) is 0 Å². The van der Waals surface area contributed by atoms with Crippen LogP contribution in [0.2, 0.25) is 0 Å². The molecule has 12 rings (SSSR count). The van der Waals surface area contributed by atoms with Gasteiger partial charge in [0.05, 0.1) is 11.4 Å². The summed E-state index contributed by atoms with van der Waals surface area (Å²) >= 11 is 0. The molecule has 5 aliphatic carbocycles. The molecular formula is C53H47N. The minimum Gasteiger partial charge on any atom is -0.310 e. The number of hydrogen-bond donors (Lipinski definition) is 0. The van der Waals surface area contributed by atoms with E-state index in [4.69, 9.17) is 0 Å². The molecule has 5 aliphatic rings. The number of benzene rings is 7. The summed E-state index contributed by atoms with van der Waals surface area (Å²) in [7, 11) is 0. The Morgan fingerprint density at radius 3 is 1.74 bits per heavy atom. The average Bonchev–Trinajstić information content (AvgIpc) is 3.44. The van der Waals surface area contributed by atoms with E-state index in [0.717, 1.165) is 17.8 Å². The lowest BCUT2D eigenvalue weighted by atomic mass is 9.48. The first-order chi connectivity index (χ1) is 26.5. The Labute approximate surface area is 320 Å². The second-order valence-corrected chi connectivity index (χ2v) is 17.5. The standard InChI is InChI=1S/C53H47N/c1-52(2)47-22-8-6-17-43(47)46-21-12-24-49(51(46)52)54(41-27-25-40(26-28-41)53-32-35-29-36(33-53)31-37(30-35)34-53)48-23-9-7-18-44(48)45-20-11-16-39-15-10-19-42(50(39)45)38-13-4-3-5-14-38/h3-28,35-37H,29-34H2,1-2H3. The molecule has 0 unspecified atom stereocenters. The van der Waals surface area contributed by atoms with Crippen molar-refractivity contribution in [3.05, 3.63) is 174 Å². The largest absolute Gasteiger partial charge is 0.310 e. The molecule has 4 saturated carbocycles. The lowest BCUT2D eigenvalue weighted by Crippen LogP contribution is -2.48. The molecule has 0 saturated heterocycles. The fourth-order valence-electron chi connectivity index (χ4n) is 12.2. The smallest absolute Gasteiger partial charge is 0.0540 e. The van der Waals surface area contributed by atoms with Gasteiger partial charge in [0.1, 0.15) is 0 Å². The van der Waals surface area contributed by atoms with Gasteiger partial charge in [-0.25, -0.2) is 0 Å². The van der Waals surface area contributed by atoms with Crippen LogP contribution in [0, 0.1) is 17.8 Å². The molecule has 0 heterocycles. The molecule has 54 heavy (non-hydrogen) atoms. The predicted molar refractivity (Wildman–Crippen MR) is 227 cm³/mol. The number of fused-ring (bicyclic) bond motifs is 4. The second kappa shape index (κ2) is 12.1. The summed E-state index contributed by atoms with van der Waals surface area (Å²) in [5, 5.41) is 2.55. The molecule has 0 radical (unpaired) electrons. The monoisotopic (exact) mass is 697 g/mol. The summed E-state index contributed by atoms with van der Waals surface area (Å²) in [5.74, 6) is 2.78. The van der Waals surface area contributed by atoms with Gasteiger partial charge in [0.2, 0.25) is 0 Å². The van der Waals surface area contributed by atoms with Gasteiger partial charge in [0.25, 0.3) is 0 Å². The molecule has 0 atom stereocenters. The van der Waals surface area contributed by atoms with Crippen LogP contribution >= 0.6 is 0 Å². The minimum atomic E-state index is -0.158. The van der Waals surface area contributed by atoms with Crippen LogP contribution in [0.1, 0.15) is 69.1 Å². The highest BCUT2D eigenvalue weighted by molar-refractivity contribution is 6.09. The Hall–Kier alpha value is -5.40. The molecule has 7 aromatic rings. The lowest BCUT2D eigenvalue weighted by molar-refractivity contribution is -0.00518. The van der Waals surface area contributed by atoms with E-state index in [0.29, 0.717) is 5.41 Å². The van der Waals surface area contributed by atoms with E-state index in [-0.39, 0.29) is 5.41 Å². The highest BCUT2D eigenvalue weighted by atomic mass is 15.1. The highest BCUT2D eigenvalue weighted by Crippen LogP contribution is 2.61. The third-order valence-corrected chi connectivity index (χ3v) is 14.0. The second-order valence-electron chi connectivity index (χ2n) is 17.5. The third kappa shape index (κ3) is 4.83. The number of anilines is 3. The lowest BCUT2D eigenvalue weighted by Gasteiger charge is -2.57. The van der Waals surface area contributed by atoms with E-state index in [1.165, 1.54) is 111 Å². The molecule has 0 aromatic heterocycles. The average molecular weight is 698 g/mol. The maximum absolute atomic E-state index is 2.59. The zero-order valence-corrected chi connectivity index (χ0v) is 31.4. The molecule has 4 fully saturated rings. The predicted octanol–water partition coefficient (Wildman–Crippen LogP) is 14.4. The fourth-order valence-corrected chi connectivity index (χ4v) is 12.2.